The van der Waals surface area contributed by atoms with E-state index in [0.717, 1.165) is 17.0 Å². The average Bonchev–Trinajstić information content (AvgIpc) is 2.64. The van der Waals surface area contributed by atoms with E-state index in [9.17, 15) is 0 Å². The fraction of sp³-hybridized carbons (Fsp3) is 0. The summed E-state index contributed by atoms with van der Waals surface area (Å²) in [5.41, 5.74) is 1.78. The molecule has 0 unspecified atom stereocenters. The third-order valence-corrected chi connectivity index (χ3v) is 2.14. The molecule has 0 atom stereocenters. The molecule has 1 N–H and O–H groups in total. The first kappa shape index (κ1) is 7.25. The summed E-state index contributed by atoms with van der Waals surface area (Å²) in [5, 5.41) is 11.0. The summed E-state index contributed by atoms with van der Waals surface area (Å²) in [6, 6.07) is 3.88. The molecule has 1 aliphatic rings. The Bertz CT molecular complexity index is 552. The maximum atomic E-state index is 4.05. The lowest BCUT2D eigenvalue weighted by molar-refractivity contribution is 1.08. The Balaban J connectivity index is 2.46. The number of anilines is 1. The molecule has 0 bridgehead atoms. The lowest BCUT2D eigenvalue weighted by atomic mass is 10.2. The minimum absolute atomic E-state index is 0.601. The lowest BCUT2D eigenvalue weighted by Gasteiger charge is -2.09. The van der Waals surface area contributed by atoms with Crippen molar-refractivity contribution in [2.45, 2.75) is 0 Å². The number of aliphatic imine (C=N–C) groups is 1. The maximum absolute atomic E-state index is 4.05. The van der Waals surface area contributed by atoms with Crippen molar-refractivity contribution in [2.75, 3.05) is 5.32 Å². The second kappa shape index (κ2) is 2.41. The Hall–Kier alpha value is -2.17. The monoisotopic (exact) mass is 185 g/mol. The number of nitrogens with one attached hydrogen (secondary N) is 1. The summed E-state index contributed by atoms with van der Waals surface area (Å²) in [5.74, 6) is 1.51. The highest BCUT2D eigenvalue weighted by Crippen LogP contribution is 2.23. The summed E-state index contributed by atoms with van der Waals surface area (Å²) >= 11 is 0. The molecule has 0 aromatic carbocycles. The number of hydrogen-bond donors (Lipinski definition) is 1. The van der Waals surface area contributed by atoms with Crippen molar-refractivity contribution in [2.24, 2.45) is 4.99 Å². The molecule has 5 nitrogen and oxygen atoms in total. The Morgan fingerprint density at radius 1 is 1.36 bits per heavy atom. The lowest BCUT2D eigenvalue weighted by Crippen LogP contribution is -2.05. The minimum atomic E-state index is 0.601. The summed E-state index contributed by atoms with van der Waals surface area (Å²) < 4.78 is 1.85. The maximum Gasteiger partial charge on any atom is 0.258 e. The molecule has 14 heavy (non-hydrogen) atoms. The molecule has 0 fully saturated rings. The normalized spacial score (nSPS) is 12.9. The van der Waals surface area contributed by atoms with Gasteiger partial charge in [-0.2, -0.15) is 0 Å². The van der Waals surface area contributed by atoms with Crippen molar-refractivity contribution < 1.29 is 0 Å². The highest BCUT2D eigenvalue weighted by Gasteiger charge is 2.11. The second-order valence-electron chi connectivity index (χ2n) is 2.97. The van der Waals surface area contributed by atoms with E-state index in [1.807, 2.05) is 16.5 Å². The van der Waals surface area contributed by atoms with Crippen LogP contribution < -0.4 is 5.32 Å². The zero-order chi connectivity index (χ0) is 9.54. The van der Waals surface area contributed by atoms with Crippen molar-refractivity contribution in [3.05, 3.63) is 24.3 Å². The van der Waals surface area contributed by atoms with Crippen molar-refractivity contribution in [1.82, 2.24) is 14.6 Å². The van der Waals surface area contributed by atoms with Crippen LogP contribution in [-0.4, -0.2) is 20.9 Å². The van der Waals surface area contributed by atoms with Gasteiger partial charge in [-0.05, 0) is 17.7 Å². The van der Waals surface area contributed by atoms with Gasteiger partial charge in [-0.1, -0.05) is 12.7 Å². The molecule has 0 radical (unpaired) electrons. The van der Waals surface area contributed by atoms with Gasteiger partial charge < -0.3 is 5.32 Å². The number of aromatic nitrogens is 3. The van der Waals surface area contributed by atoms with Gasteiger partial charge in [0.1, 0.15) is 5.82 Å². The molecular formula is C9H7N5. The van der Waals surface area contributed by atoms with Crippen molar-refractivity contribution in [1.29, 1.82) is 0 Å². The van der Waals surface area contributed by atoms with Gasteiger partial charge in [-0.15, -0.1) is 10.2 Å². The van der Waals surface area contributed by atoms with Gasteiger partial charge in [0.2, 0.25) is 0 Å². The average molecular weight is 185 g/mol. The van der Waals surface area contributed by atoms with Crippen LogP contribution in [0.1, 0.15) is 5.56 Å². The van der Waals surface area contributed by atoms with Crippen LogP contribution in [0.3, 0.4) is 0 Å². The molecule has 3 rings (SSSR count). The Labute approximate surface area is 79.8 Å². The molecule has 0 amide bonds. The first-order valence-electron chi connectivity index (χ1n) is 4.19. The minimum Gasteiger partial charge on any atom is -0.332 e. The van der Waals surface area contributed by atoms with Crippen molar-refractivity contribution in [3.63, 3.8) is 0 Å². The van der Waals surface area contributed by atoms with E-state index >= 15 is 0 Å². The fourth-order valence-electron chi connectivity index (χ4n) is 1.49. The number of nitrogens with zero attached hydrogens (tertiary/aromatic N) is 4. The van der Waals surface area contributed by atoms with Gasteiger partial charge in [0.25, 0.3) is 5.95 Å². The smallest absolute Gasteiger partial charge is 0.258 e. The third-order valence-electron chi connectivity index (χ3n) is 2.14. The van der Waals surface area contributed by atoms with E-state index in [-0.39, 0.29) is 0 Å². The molecule has 0 aliphatic carbocycles. The molecule has 0 spiro atoms. The second-order valence-corrected chi connectivity index (χ2v) is 2.97. The molecular weight excluding hydrogens is 178 g/mol. The number of hydrogen-bond acceptors (Lipinski definition) is 4. The largest absolute Gasteiger partial charge is 0.332 e. The van der Waals surface area contributed by atoms with Gasteiger partial charge in [-0.25, -0.2) is 9.39 Å². The number of rotatable bonds is 1. The van der Waals surface area contributed by atoms with Crippen LogP contribution in [0.2, 0.25) is 0 Å². The van der Waals surface area contributed by atoms with Gasteiger partial charge in [0.05, 0.1) is 6.34 Å². The summed E-state index contributed by atoms with van der Waals surface area (Å²) in [6.45, 7) is 3.72. The van der Waals surface area contributed by atoms with Crippen molar-refractivity contribution >= 4 is 29.8 Å². The molecule has 2 aromatic heterocycles. The van der Waals surface area contributed by atoms with E-state index in [0.29, 0.717) is 5.95 Å². The van der Waals surface area contributed by atoms with Gasteiger partial charge in [-0.3, -0.25) is 0 Å². The summed E-state index contributed by atoms with van der Waals surface area (Å²) in [6.07, 6.45) is 3.38. The molecule has 1 aliphatic heterocycles. The Kier molecular flexibility index (Phi) is 1.25. The van der Waals surface area contributed by atoms with E-state index in [1.165, 1.54) is 0 Å². The highest BCUT2D eigenvalue weighted by molar-refractivity contribution is 5.81. The summed E-state index contributed by atoms with van der Waals surface area (Å²) in [7, 11) is 0. The van der Waals surface area contributed by atoms with Crippen LogP contribution in [0.15, 0.2) is 23.7 Å². The Morgan fingerprint density at radius 2 is 2.29 bits per heavy atom. The molecule has 2 aromatic rings. The predicted molar refractivity (Wildman–Crippen MR) is 54.9 cm³/mol. The zero-order valence-electron chi connectivity index (χ0n) is 7.31. The zero-order valence-corrected chi connectivity index (χ0v) is 7.31. The quantitative estimate of drug-likeness (QED) is 0.731. The predicted octanol–water partition coefficient (Wildman–Crippen LogP) is 1.46. The third kappa shape index (κ3) is 0.806. The van der Waals surface area contributed by atoms with E-state index in [2.05, 4.69) is 27.1 Å². The van der Waals surface area contributed by atoms with Crippen LogP contribution in [0.25, 0.3) is 11.7 Å². The van der Waals surface area contributed by atoms with Crippen LogP contribution in [0, 0.1) is 0 Å². The molecule has 5 heteroatoms. The number of pyridine rings is 1. The molecule has 0 saturated carbocycles. The molecule has 0 saturated heterocycles. The van der Waals surface area contributed by atoms with Crippen LogP contribution >= 0.6 is 0 Å². The summed E-state index contributed by atoms with van der Waals surface area (Å²) in [4.78, 5) is 4.05. The SMILES string of the molecule is C=Cc1cc2n3c(nnc3c1)N=CN2. The van der Waals surface area contributed by atoms with E-state index < -0.39 is 0 Å². The molecule has 68 valence electrons. The fourth-order valence-corrected chi connectivity index (χ4v) is 1.49. The first-order valence-corrected chi connectivity index (χ1v) is 4.19. The van der Waals surface area contributed by atoms with Crippen LogP contribution in [0.5, 0.6) is 0 Å². The Morgan fingerprint density at radius 3 is 3.14 bits per heavy atom. The van der Waals surface area contributed by atoms with Crippen molar-refractivity contribution in [3.8, 4) is 0 Å². The molecule has 3 heterocycles. The van der Waals surface area contributed by atoms with E-state index in [4.69, 9.17) is 0 Å². The van der Waals surface area contributed by atoms with Gasteiger partial charge in [0, 0.05) is 0 Å². The topological polar surface area (TPSA) is 54.6 Å². The van der Waals surface area contributed by atoms with E-state index in [1.54, 1.807) is 12.4 Å². The van der Waals surface area contributed by atoms with Crippen LogP contribution in [0.4, 0.5) is 11.8 Å². The van der Waals surface area contributed by atoms with Gasteiger partial charge >= 0.3 is 0 Å². The standard InChI is InChI=1S/C9H7N5/c1-2-6-3-7-10-5-11-9-13-12-8(4-6)14(7)9/h2-5H,1H2,(H,10,11,13). The van der Waals surface area contributed by atoms with Crippen LogP contribution in [-0.2, 0) is 0 Å². The van der Waals surface area contributed by atoms with Gasteiger partial charge in [0.15, 0.2) is 5.65 Å². The highest BCUT2D eigenvalue weighted by atomic mass is 15.3. The first-order chi connectivity index (χ1) is 6.88.